The van der Waals surface area contributed by atoms with Crippen LogP contribution in [0.25, 0.3) is 0 Å². The number of hydrogen-bond acceptors (Lipinski definition) is 4. The molecule has 0 aliphatic carbocycles. The summed E-state index contributed by atoms with van der Waals surface area (Å²) in [5.41, 5.74) is 2.46. The molecule has 0 bridgehead atoms. The molecular formula is C14H21N3O. The maximum Gasteiger partial charge on any atom is 0.193 e. The molecule has 0 spiro atoms. The highest BCUT2D eigenvalue weighted by Gasteiger charge is 2.10. The van der Waals surface area contributed by atoms with E-state index in [0.717, 1.165) is 37.8 Å². The normalized spacial score (nSPS) is 14.6. The van der Waals surface area contributed by atoms with Crippen molar-refractivity contribution in [2.45, 2.75) is 13.3 Å². The van der Waals surface area contributed by atoms with E-state index in [4.69, 9.17) is 4.74 Å². The monoisotopic (exact) mass is 247 g/mol. The SMILES string of the molecule is COc1cc(CCNC2=NCCN2C)ccc1C. The number of methoxy groups -OCH3 is 1. The van der Waals surface area contributed by atoms with Gasteiger partial charge in [0.2, 0.25) is 0 Å². The molecular weight excluding hydrogens is 226 g/mol. The molecule has 1 heterocycles. The van der Waals surface area contributed by atoms with Crippen LogP contribution in [0.4, 0.5) is 0 Å². The van der Waals surface area contributed by atoms with Crippen molar-refractivity contribution in [2.75, 3.05) is 33.8 Å². The van der Waals surface area contributed by atoms with Crippen LogP contribution in [-0.4, -0.2) is 44.7 Å². The Kier molecular flexibility index (Phi) is 4.07. The number of aryl methyl sites for hydroxylation is 1. The second kappa shape index (κ2) is 5.76. The topological polar surface area (TPSA) is 36.9 Å². The van der Waals surface area contributed by atoms with Gasteiger partial charge in [0.05, 0.1) is 13.7 Å². The van der Waals surface area contributed by atoms with Gasteiger partial charge in [-0.2, -0.15) is 0 Å². The molecule has 0 aromatic heterocycles. The third-order valence-electron chi connectivity index (χ3n) is 3.23. The van der Waals surface area contributed by atoms with Crippen molar-refractivity contribution < 1.29 is 4.74 Å². The number of nitrogens with one attached hydrogen (secondary N) is 1. The molecule has 98 valence electrons. The van der Waals surface area contributed by atoms with E-state index < -0.39 is 0 Å². The minimum atomic E-state index is 0.898. The third-order valence-corrected chi connectivity index (χ3v) is 3.23. The zero-order valence-electron chi connectivity index (χ0n) is 11.4. The van der Waals surface area contributed by atoms with E-state index in [1.165, 1.54) is 11.1 Å². The molecule has 1 N–H and O–H groups in total. The Bertz CT molecular complexity index is 443. The average Bonchev–Trinajstić information content (AvgIpc) is 2.77. The Morgan fingerprint density at radius 3 is 2.94 bits per heavy atom. The fourth-order valence-corrected chi connectivity index (χ4v) is 2.06. The summed E-state index contributed by atoms with van der Waals surface area (Å²) in [4.78, 5) is 6.55. The van der Waals surface area contributed by atoms with Gasteiger partial charge in [0, 0.05) is 20.1 Å². The first-order chi connectivity index (χ1) is 8.70. The first-order valence-electron chi connectivity index (χ1n) is 6.33. The molecule has 2 rings (SSSR count). The van der Waals surface area contributed by atoms with Crippen LogP contribution in [0.15, 0.2) is 23.2 Å². The lowest BCUT2D eigenvalue weighted by Crippen LogP contribution is -2.36. The number of hydrogen-bond donors (Lipinski definition) is 1. The lowest BCUT2D eigenvalue weighted by molar-refractivity contribution is 0.411. The van der Waals surface area contributed by atoms with E-state index in [2.05, 4.69) is 47.4 Å². The Hall–Kier alpha value is -1.71. The van der Waals surface area contributed by atoms with Crippen LogP contribution in [0.2, 0.25) is 0 Å². The summed E-state index contributed by atoms with van der Waals surface area (Å²) in [6.45, 7) is 4.87. The molecule has 0 radical (unpaired) electrons. The zero-order chi connectivity index (χ0) is 13.0. The molecule has 1 aromatic rings. The standard InChI is InChI=1S/C14H21N3O/c1-11-4-5-12(10-13(11)18-3)6-7-15-14-16-8-9-17(14)2/h4-5,10H,6-9H2,1-3H3,(H,15,16). The number of likely N-dealkylation sites (N-methyl/N-ethyl adjacent to an activating group) is 1. The number of aliphatic imine (C=N–C) groups is 1. The second-order valence-electron chi connectivity index (χ2n) is 4.61. The summed E-state index contributed by atoms with van der Waals surface area (Å²) >= 11 is 0. The van der Waals surface area contributed by atoms with E-state index in [-0.39, 0.29) is 0 Å². The molecule has 0 fully saturated rings. The third kappa shape index (κ3) is 2.94. The van der Waals surface area contributed by atoms with Gasteiger partial charge in [-0.3, -0.25) is 4.99 Å². The van der Waals surface area contributed by atoms with Crippen LogP contribution in [0.5, 0.6) is 5.75 Å². The summed E-state index contributed by atoms with van der Waals surface area (Å²) in [7, 11) is 3.78. The van der Waals surface area contributed by atoms with Crippen molar-refractivity contribution in [1.82, 2.24) is 10.2 Å². The number of guanidine groups is 1. The van der Waals surface area contributed by atoms with Gasteiger partial charge in [-0.25, -0.2) is 0 Å². The van der Waals surface area contributed by atoms with Gasteiger partial charge >= 0.3 is 0 Å². The highest BCUT2D eigenvalue weighted by molar-refractivity contribution is 5.81. The fourth-order valence-electron chi connectivity index (χ4n) is 2.06. The molecule has 1 aromatic carbocycles. The maximum absolute atomic E-state index is 5.33. The summed E-state index contributed by atoms with van der Waals surface area (Å²) in [6.07, 6.45) is 0.976. The predicted molar refractivity (Wildman–Crippen MR) is 74.4 cm³/mol. The maximum atomic E-state index is 5.33. The highest BCUT2D eigenvalue weighted by Crippen LogP contribution is 2.18. The molecule has 18 heavy (non-hydrogen) atoms. The van der Waals surface area contributed by atoms with Gasteiger partial charge in [-0.1, -0.05) is 12.1 Å². The van der Waals surface area contributed by atoms with Gasteiger partial charge < -0.3 is 15.0 Å². The molecule has 0 amide bonds. The Labute approximate surface area is 109 Å². The molecule has 4 heteroatoms. The summed E-state index contributed by atoms with van der Waals surface area (Å²) in [5, 5.41) is 3.37. The Morgan fingerprint density at radius 2 is 2.28 bits per heavy atom. The minimum Gasteiger partial charge on any atom is -0.496 e. The van der Waals surface area contributed by atoms with Gasteiger partial charge in [-0.05, 0) is 30.5 Å². The zero-order valence-corrected chi connectivity index (χ0v) is 11.4. The lowest BCUT2D eigenvalue weighted by Gasteiger charge is -2.15. The van der Waals surface area contributed by atoms with Crippen molar-refractivity contribution in [3.05, 3.63) is 29.3 Å². The van der Waals surface area contributed by atoms with E-state index in [0.29, 0.717) is 0 Å². The van der Waals surface area contributed by atoms with Crippen molar-refractivity contribution in [3.63, 3.8) is 0 Å². The molecule has 1 aliphatic rings. The van der Waals surface area contributed by atoms with Gasteiger partial charge in [0.15, 0.2) is 5.96 Å². The van der Waals surface area contributed by atoms with E-state index in [1.807, 2.05) is 0 Å². The molecule has 1 aliphatic heterocycles. The van der Waals surface area contributed by atoms with Crippen LogP contribution in [0.3, 0.4) is 0 Å². The lowest BCUT2D eigenvalue weighted by atomic mass is 10.1. The summed E-state index contributed by atoms with van der Waals surface area (Å²) in [5.74, 6) is 1.97. The Balaban J connectivity index is 1.86. The molecule has 0 atom stereocenters. The van der Waals surface area contributed by atoms with Crippen LogP contribution >= 0.6 is 0 Å². The van der Waals surface area contributed by atoms with Crippen LogP contribution in [0, 0.1) is 6.92 Å². The number of rotatable bonds is 4. The minimum absolute atomic E-state index is 0.898. The van der Waals surface area contributed by atoms with Crippen molar-refractivity contribution >= 4 is 5.96 Å². The molecule has 0 saturated carbocycles. The second-order valence-corrected chi connectivity index (χ2v) is 4.61. The Morgan fingerprint density at radius 1 is 1.44 bits per heavy atom. The van der Waals surface area contributed by atoms with Crippen molar-refractivity contribution in [3.8, 4) is 5.75 Å². The first kappa shape index (κ1) is 12.7. The number of ether oxygens (including phenoxy) is 1. The molecule has 0 saturated heterocycles. The van der Waals surface area contributed by atoms with E-state index in [1.54, 1.807) is 7.11 Å². The van der Waals surface area contributed by atoms with Crippen molar-refractivity contribution in [2.24, 2.45) is 4.99 Å². The fraction of sp³-hybridized carbons (Fsp3) is 0.500. The largest absolute Gasteiger partial charge is 0.496 e. The number of nitrogens with zero attached hydrogens (tertiary/aromatic N) is 2. The predicted octanol–water partition coefficient (Wildman–Crippen LogP) is 1.44. The van der Waals surface area contributed by atoms with Crippen molar-refractivity contribution in [1.29, 1.82) is 0 Å². The highest BCUT2D eigenvalue weighted by atomic mass is 16.5. The van der Waals surface area contributed by atoms with E-state index >= 15 is 0 Å². The van der Waals surface area contributed by atoms with Gasteiger partial charge in [-0.15, -0.1) is 0 Å². The quantitative estimate of drug-likeness (QED) is 0.874. The average molecular weight is 247 g/mol. The first-order valence-corrected chi connectivity index (χ1v) is 6.33. The van der Waals surface area contributed by atoms with Gasteiger partial charge in [0.1, 0.15) is 5.75 Å². The molecule has 0 unspecified atom stereocenters. The smallest absolute Gasteiger partial charge is 0.193 e. The van der Waals surface area contributed by atoms with Crippen LogP contribution < -0.4 is 10.1 Å². The summed E-state index contributed by atoms with van der Waals surface area (Å²) < 4.78 is 5.33. The van der Waals surface area contributed by atoms with Crippen LogP contribution in [0.1, 0.15) is 11.1 Å². The molecule has 4 nitrogen and oxygen atoms in total. The number of benzene rings is 1. The van der Waals surface area contributed by atoms with Gasteiger partial charge in [0.25, 0.3) is 0 Å². The van der Waals surface area contributed by atoms with Crippen LogP contribution in [-0.2, 0) is 6.42 Å². The summed E-state index contributed by atoms with van der Waals surface area (Å²) in [6, 6.07) is 6.37. The van der Waals surface area contributed by atoms with E-state index in [9.17, 15) is 0 Å².